The Kier molecular flexibility index (Phi) is 8.00. The van der Waals surface area contributed by atoms with Crippen molar-refractivity contribution >= 4 is 46.2 Å². The van der Waals surface area contributed by atoms with Crippen LogP contribution in [0.5, 0.6) is 5.75 Å². The van der Waals surface area contributed by atoms with E-state index in [1.165, 1.54) is 0 Å². The predicted molar refractivity (Wildman–Crippen MR) is 134 cm³/mol. The first kappa shape index (κ1) is 24.0. The molecule has 1 N–H and O–H groups in total. The van der Waals surface area contributed by atoms with Crippen LogP contribution < -0.4 is 15.1 Å². The molecule has 3 nitrogen and oxygen atoms in total. The average Bonchev–Trinajstić information content (AvgIpc) is 2.79. The Bertz CT molecular complexity index is 957. The third-order valence-electron chi connectivity index (χ3n) is 5.82. The molecule has 0 radical (unpaired) electrons. The molecule has 6 heteroatoms. The van der Waals surface area contributed by atoms with Crippen molar-refractivity contribution in [3.05, 3.63) is 87.9 Å². The van der Waals surface area contributed by atoms with Crippen LogP contribution in [0.15, 0.2) is 77.3 Å². The largest absolute Gasteiger partial charge is 0.466 e. The topological polar surface area (TPSA) is 38.7 Å². The molecule has 0 bridgehead atoms. The van der Waals surface area contributed by atoms with Gasteiger partial charge >= 0.3 is 0 Å². The maximum Gasteiger partial charge on any atom is 0.258 e. The molecule has 0 aliphatic rings. The molecule has 31 heavy (non-hydrogen) atoms. The van der Waals surface area contributed by atoms with Crippen LogP contribution in [0, 0.1) is 0 Å². The summed E-state index contributed by atoms with van der Waals surface area (Å²) in [5, 5.41) is 2.34. The van der Waals surface area contributed by atoms with Crippen LogP contribution in [0.4, 0.5) is 0 Å². The number of ether oxygens (including phenoxy) is 2. The minimum absolute atomic E-state index is 0.161. The number of aryl methyl sites for hydroxylation is 1. The molecule has 3 aromatic carbocycles. The minimum atomic E-state index is -3.04. The van der Waals surface area contributed by atoms with Crippen LogP contribution in [0.25, 0.3) is 0 Å². The van der Waals surface area contributed by atoms with Gasteiger partial charge in [-0.15, -0.1) is 0 Å². The maximum atomic E-state index is 12.3. The Morgan fingerprint density at radius 2 is 1.52 bits per heavy atom. The lowest BCUT2D eigenvalue weighted by atomic mass is 10.0. The zero-order valence-corrected chi connectivity index (χ0v) is 21.4. The highest BCUT2D eigenvalue weighted by Crippen LogP contribution is 2.41. The van der Waals surface area contributed by atoms with Crippen molar-refractivity contribution in [3.63, 3.8) is 0 Å². The summed E-state index contributed by atoms with van der Waals surface area (Å²) in [5.74, 6) is 0.648. The van der Waals surface area contributed by atoms with Crippen LogP contribution >= 0.6 is 27.5 Å². The summed E-state index contributed by atoms with van der Waals surface area (Å²) >= 11 is 10.1. The van der Waals surface area contributed by atoms with Crippen molar-refractivity contribution in [2.45, 2.75) is 31.7 Å². The summed E-state index contributed by atoms with van der Waals surface area (Å²) in [5.41, 5.74) is 1.02. The molecule has 0 fully saturated rings. The highest BCUT2D eigenvalue weighted by atomic mass is 79.9. The van der Waals surface area contributed by atoms with Gasteiger partial charge in [-0.1, -0.05) is 86.1 Å². The lowest BCUT2D eigenvalue weighted by molar-refractivity contribution is 0.0506. The molecule has 0 heterocycles. The van der Waals surface area contributed by atoms with E-state index in [0.717, 1.165) is 33.3 Å². The molecule has 0 atom stereocenters. The summed E-state index contributed by atoms with van der Waals surface area (Å²) in [4.78, 5) is 12.3. The Labute approximate surface area is 199 Å². The van der Waals surface area contributed by atoms with Gasteiger partial charge in [0, 0.05) is 18.2 Å². The molecule has 0 aliphatic carbocycles. The molecular weight excluding hydrogens is 492 g/mol. The van der Waals surface area contributed by atoms with E-state index in [0.29, 0.717) is 10.8 Å². The number of hydrogen-bond donors (Lipinski definition) is 1. The van der Waals surface area contributed by atoms with E-state index in [1.807, 2.05) is 72.8 Å². The van der Waals surface area contributed by atoms with E-state index in [-0.39, 0.29) is 11.8 Å². The van der Waals surface area contributed by atoms with Crippen LogP contribution in [0.1, 0.15) is 25.8 Å². The second-order valence-corrected chi connectivity index (χ2v) is 13.4. The Balaban J connectivity index is 1.91. The molecule has 164 valence electrons. The van der Waals surface area contributed by atoms with Crippen molar-refractivity contribution in [2.24, 2.45) is 0 Å². The Morgan fingerprint density at radius 1 is 0.968 bits per heavy atom. The predicted octanol–water partition coefficient (Wildman–Crippen LogP) is 5.55. The lowest BCUT2D eigenvalue weighted by Gasteiger charge is -2.41. The first-order chi connectivity index (χ1) is 14.8. The standard InChI is InChI=1S/C25H28BrClO3Si/c1-25(2,15-14-19-16-22(26)24(17-23(19)27)30-18-29-3)31(28,20-10-6-4-7-11-20)21-12-8-5-9-13-21/h4-13,16-17,28H,14-15,18H2,1-3H3. The van der Waals surface area contributed by atoms with Gasteiger partial charge in [-0.3, -0.25) is 0 Å². The third kappa shape index (κ3) is 5.24. The first-order valence-corrected chi connectivity index (χ1v) is 13.3. The molecular formula is C25H28BrClO3Si. The number of methoxy groups -OCH3 is 1. The fraction of sp³-hybridized carbons (Fsp3) is 0.280. The Morgan fingerprint density at radius 3 is 2.03 bits per heavy atom. The summed E-state index contributed by atoms with van der Waals surface area (Å²) in [6.45, 7) is 4.49. The monoisotopic (exact) mass is 518 g/mol. The third-order valence-corrected chi connectivity index (χ3v) is 11.3. The van der Waals surface area contributed by atoms with E-state index >= 15 is 0 Å². The lowest BCUT2D eigenvalue weighted by Crippen LogP contribution is -2.65. The van der Waals surface area contributed by atoms with Gasteiger partial charge in [0.25, 0.3) is 8.32 Å². The average molecular weight is 520 g/mol. The van der Waals surface area contributed by atoms with Crippen molar-refractivity contribution < 1.29 is 14.3 Å². The Hall–Kier alpha value is -1.63. The molecule has 0 spiro atoms. The molecule has 0 aliphatic heterocycles. The molecule has 3 aromatic rings. The van der Waals surface area contributed by atoms with E-state index in [1.54, 1.807) is 7.11 Å². The van der Waals surface area contributed by atoms with Crippen LogP contribution in [0.2, 0.25) is 10.1 Å². The highest BCUT2D eigenvalue weighted by Gasteiger charge is 2.49. The van der Waals surface area contributed by atoms with Gasteiger partial charge in [-0.05, 0) is 55.8 Å². The van der Waals surface area contributed by atoms with Gasteiger partial charge in [0.1, 0.15) is 5.75 Å². The number of hydrogen-bond acceptors (Lipinski definition) is 3. The normalized spacial score (nSPS) is 12.1. The quantitative estimate of drug-likeness (QED) is 0.297. The smallest absolute Gasteiger partial charge is 0.258 e. The molecule has 3 rings (SSSR count). The molecule has 0 saturated carbocycles. The summed E-state index contributed by atoms with van der Waals surface area (Å²) in [7, 11) is -1.46. The van der Waals surface area contributed by atoms with Crippen LogP contribution in [0.3, 0.4) is 0 Å². The second kappa shape index (κ2) is 10.3. The number of benzene rings is 3. The molecule has 0 aromatic heterocycles. The van der Waals surface area contributed by atoms with Gasteiger partial charge in [0.15, 0.2) is 6.79 Å². The summed E-state index contributed by atoms with van der Waals surface area (Å²) in [6, 6.07) is 24.0. The highest BCUT2D eigenvalue weighted by molar-refractivity contribution is 9.10. The minimum Gasteiger partial charge on any atom is -0.466 e. The van der Waals surface area contributed by atoms with Crippen molar-refractivity contribution in [1.82, 2.24) is 0 Å². The SMILES string of the molecule is COCOc1cc(Cl)c(CCC(C)(C)[Si](O)(c2ccccc2)c2ccccc2)cc1Br. The van der Waals surface area contributed by atoms with Crippen molar-refractivity contribution in [1.29, 1.82) is 0 Å². The fourth-order valence-corrected chi connectivity index (χ4v) is 8.42. The van der Waals surface area contributed by atoms with E-state index in [2.05, 4.69) is 29.8 Å². The van der Waals surface area contributed by atoms with Gasteiger partial charge in [-0.2, -0.15) is 0 Å². The van der Waals surface area contributed by atoms with Gasteiger partial charge < -0.3 is 14.3 Å². The van der Waals surface area contributed by atoms with Gasteiger partial charge in [-0.25, -0.2) is 0 Å². The molecule has 0 saturated heterocycles. The van der Waals surface area contributed by atoms with Crippen LogP contribution in [-0.2, 0) is 11.2 Å². The van der Waals surface area contributed by atoms with Crippen molar-refractivity contribution in [2.75, 3.05) is 13.9 Å². The number of halogens is 2. The van der Waals surface area contributed by atoms with Gasteiger partial charge in [0.05, 0.1) is 4.47 Å². The second-order valence-electron chi connectivity index (χ2n) is 8.25. The van der Waals surface area contributed by atoms with Crippen LogP contribution in [-0.4, -0.2) is 27.0 Å². The van der Waals surface area contributed by atoms with Gasteiger partial charge in [0.2, 0.25) is 0 Å². The van der Waals surface area contributed by atoms with E-state index in [9.17, 15) is 4.80 Å². The zero-order chi connectivity index (χ0) is 22.5. The summed E-state index contributed by atoms with van der Waals surface area (Å²) in [6.07, 6.45) is 1.52. The van der Waals surface area contributed by atoms with Crippen molar-refractivity contribution in [3.8, 4) is 5.75 Å². The number of rotatable bonds is 9. The summed E-state index contributed by atoms with van der Waals surface area (Å²) < 4.78 is 11.4. The van der Waals surface area contributed by atoms with E-state index in [4.69, 9.17) is 21.1 Å². The zero-order valence-electron chi connectivity index (χ0n) is 18.1. The van der Waals surface area contributed by atoms with E-state index < -0.39 is 8.32 Å². The molecule has 0 amide bonds. The molecule has 0 unspecified atom stereocenters. The first-order valence-electron chi connectivity index (χ1n) is 10.2. The maximum absolute atomic E-state index is 12.3. The fourth-order valence-electron chi connectivity index (χ4n) is 3.93.